The summed E-state index contributed by atoms with van der Waals surface area (Å²) in [6, 6.07) is 12.3. The van der Waals surface area contributed by atoms with Gasteiger partial charge in [0, 0.05) is 13.6 Å². The van der Waals surface area contributed by atoms with E-state index in [9.17, 15) is 18.0 Å². The molecular weight excluding hydrogens is 414 g/mol. The van der Waals surface area contributed by atoms with E-state index in [0.717, 1.165) is 32.8 Å². The second-order valence-electron chi connectivity index (χ2n) is 7.75. The van der Waals surface area contributed by atoms with Crippen molar-refractivity contribution in [1.29, 1.82) is 0 Å². The number of carbonyl (C=O) groups excluding carboxylic acids is 2. The van der Waals surface area contributed by atoms with Gasteiger partial charge in [-0.25, -0.2) is 8.42 Å². The maximum Gasteiger partial charge on any atom is 0.244 e. The topological polar surface area (TPSA) is 86.8 Å². The van der Waals surface area contributed by atoms with Crippen LogP contribution in [0.3, 0.4) is 0 Å². The Hall–Kier alpha value is -2.87. The number of para-hydroxylation sites is 1. The first kappa shape index (κ1) is 24.4. The summed E-state index contributed by atoms with van der Waals surface area (Å²) in [4.78, 5) is 27.2. The quantitative estimate of drug-likeness (QED) is 0.677. The van der Waals surface area contributed by atoms with Crippen LogP contribution < -0.4 is 9.62 Å². The van der Waals surface area contributed by atoms with Gasteiger partial charge in [0.15, 0.2) is 0 Å². The molecule has 2 amide bonds. The summed E-state index contributed by atoms with van der Waals surface area (Å²) in [5.74, 6) is -0.771. The third-order valence-corrected chi connectivity index (χ3v) is 6.50. The summed E-state index contributed by atoms with van der Waals surface area (Å²) >= 11 is 0. The molecule has 0 bridgehead atoms. The van der Waals surface area contributed by atoms with E-state index in [1.807, 2.05) is 63.2 Å². The van der Waals surface area contributed by atoms with Gasteiger partial charge in [0.05, 0.1) is 11.9 Å². The number of benzene rings is 2. The van der Waals surface area contributed by atoms with Crippen LogP contribution in [0.5, 0.6) is 0 Å². The first-order valence-electron chi connectivity index (χ1n) is 10.1. The van der Waals surface area contributed by atoms with E-state index in [0.29, 0.717) is 5.69 Å². The molecule has 0 aromatic heterocycles. The van der Waals surface area contributed by atoms with Crippen LogP contribution in [-0.4, -0.2) is 51.0 Å². The second kappa shape index (κ2) is 9.96. The average Bonchev–Trinajstić information content (AvgIpc) is 2.70. The smallest absolute Gasteiger partial charge is 0.244 e. The van der Waals surface area contributed by atoms with Crippen molar-refractivity contribution < 1.29 is 18.0 Å². The lowest BCUT2D eigenvalue weighted by molar-refractivity contribution is -0.139. The Labute approximate surface area is 185 Å². The molecule has 7 nitrogen and oxygen atoms in total. The number of aryl methyl sites for hydroxylation is 3. The van der Waals surface area contributed by atoms with Gasteiger partial charge in [-0.05, 0) is 49.9 Å². The lowest BCUT2D eigenvalue weighted by Gasteiger charge is -2.32. The maximum atomic E-state index is 13.4. The molecule has 2 rings (SSSR count). The van der Waals surface area contributed by atoms with Crippen LogP contribution in [-0.2, 0) is 26.2 Å². The van der Waals surface area contributed by atoms with Crippen LogP contribution in [0.25, 0.3) is 0 Å². The van der Waals surface area contributed by atoms with Crippen molar-refractivity contribution >= 4 is 27.5 Å². The number of likely N-dealkylation sites (N-methyl/N-ethyl adjacent to an activating group) is 1. The molecule has 8 heteroatoms. The van der Waals surface area contributed by atoms with Crippen LogP contribution in [0.4, 0.5) is 5.69 Å². The molecule has 1 N–H and O–H groups in total. The Kier molecular flexibility index (Phi) is 7.84. The van der Waals surface area contributed by atoms with E-state index in [2.05, 4.69) is 5.32 Å². The largest absolute Gasteiger partial charge is 0.357 e. The molecule has 1 unspecified atom stereocenters. The highest BCUT2D eigenvalue weighted by Crippen LogP contribution is 2.27. The number of sulfonamides is 1. The fraction of sp³-hybridized carbons (Fsp3) is 0.391. The number of amides is 2. The molecule has 0 heterocycles. The zero-order valence-corrected chi connectivity index (χ0v) is 19.8. The van der Waals surface area contributed by atoms with Crippen molar-refractivity contribution in [3.8, 4) is 0 Å². The maximum absolute atomic E-state index is 13.4. The molecule has 2 aromatic rings. The van der Waals surface area contributed by atoms with Crippen LogP contribution in [0.1, 0.15) is 29.2 Å². The summed E-state index contributed by atoms with van der Waals surface area (Å²) in [5, 5.41) is 2.57. The summed E-state index contributed by atoms with van der Waals surface area (Å²) in [6.07, 6.45) is 1.08. The Morgan fingerprint density at radius 1 is 0.968 bits per heavy atom. The Bertz CT molecular complexity index is 1050. The van der Waals surface area contributed by atoms with Crippen molar-refractivity contribution in [3.05, 3.63) is 64.7 Å². The fourth-order valence-electron chi connectivity index (χ4n) is 3.54. The number of hydrogen-bond acceptors (Lipinski definition) is 4. The predicted octanol–water partition coefficient (Wildman–Crippen LogP) is 2.54. The highest BCUT2D eigenvalue weighted by Gasteiger charge is 2.30. The first-order valence-corrected chi connectivity index (χ1v) is 11.9. The molecule has 1 atom stereocenters. The molecule has 0 saturated carbocycles. The fourth-order valence-corrected chi connectivity index (χ4v) is 4.50. The van der Waals surface area contributed by atoms with E-state index in [-0.39, 0.29) is 12.5 Å². The van der Waals surface area contributed by atoms with Gasteiger partial charge < -0.3 is 10.2 Å². The van der Waals surface area contributed by atoms with E-state index < -0.39 is 28.5 Å². The number of anilines is 1. The molecule has 31 heavy (non-hydrogen) atoms. The average molecular weight is 446 g/mol. The monoisotopic (exact) mass is 445 g/mol. The van der Waals surface area contributed by atoms with Crippen LogP contribution in [0.15, 0.2) is 42.5 Å². The minimum atomic E-state index is -3.74. The molecule has 0 radical (unpaired) electrons. The highest BCUT2D eigenvalue weighted by atomic mass is 32.2. The number of rotatable bonds is 8. The number of nitrogens with one attached hydrogen (secondary N) is 1. The van der Waals surface area contributed by atoms with Crippen molar-refractivity contribution in [2.45, 2.75) is 40.3 Å². The summed E-state index contributed by atoms with van der Waals surface area (Å²) < 4.78 is 26.4. The molecule has 0 fully saturated rings. The second-order valence-corrected chi connectivity index (χ2v) is 9.66. The van der Waals surface area contributed by atoms with Gasteiger partial charge in [-0.1, -0.05) is 42.5 Å². The standard InChI is InChI=1S/C23H31N3O4S/c1-16-10-7-8-13-20(16)14-25(19(4)23(28)24-5)21(27)15-26(31(6,29)30)22-17(2)11-9-12-18(22)3/h7-13,19H,14-15H2,1-6H3,(H,24,28). The predicted molar refractivity (Wildman–Crippen MR) is 123 cm³/mol. The molecule has 0 saturated heterocycles. The Balaban J connectivity index is 2.46. The third kappa shape index (κ3) is 5.85. The molecule has 0 aliphatic rings. The van der Waals surface area contributed by atoms with Gasteiger partial charge in [-0.3, -0.25) is 13.9 Å². The van der Waals surface area contributed by atoms with E-state index in [4.69, 9.17) is 0 Å². The highest BCUT2D eigenvalue weighted by molar-refractivity contribution is 7.92. The van der Waals surface area contributed by atoms with Crippen molar-refractivity contribution in [2.75, 3.05) is 24.2 Å². The zero-order valence-electron chi connectivity index (χ0n) is 19.0. The van der Waals surface area contributed by atoms with Gasteiger partial charge in [0.2, 0.25) is 21.8 Å². The van der Waals surface area contributed by atoms with Crippen LogP contribution in [0.2, 0.25) is 0 Å². The summed E-state index contributed by atoms with van der Waals surface area (Å²) in [5.41, 5.74) is 3.87. The Morgan fingerprint density at radius 2 is 1.52 bits per heavy atom. The first-order chi connectivity index (χ1) is 14.5. The SMILES string of the molecule is CNC(=O)C(C)N(Cc1ccccc1C)C(=O)CN(c1c(C)cccc1C)S(C)(=O)=O. The summed E-state index contributed by atoms with van der Waals surface area (Å²) in [6.45, 7) is 7.00. The van der Waals surface area contributed by atoms with E-state index in [1.165, 1.54) is 11.9 Å². The summed E-state index contributed by atoms with van der Waals surface area (Å²) in [7, 11) is -2.23. The minimum absolute atomic E-state index is 0.199. The molecular formula is C23H31N3O4S. The van der Waals surface area contributed by atoms with Crippen LogP contribution in [0, 0.1) is 20.8 Å². The van der Waals surface area contributed by atoms with Gasteiger partial charge in [0.1, 0.15) is 12.6 Å². The molecule has 0 aliphatic carbocycles. The van der Waals surface area contributed by atoms with E-state index in [1.54, 1.807) is 6.92 Å². The van der Waals surface area contributed by atoms with Gasteiger partial charge >= 0.3 is 0 Å². The normalized spacial score (nSPS) is 12.2. The third-order valence-electron chi connectivity index (χ3n) is 5.38. The Morgan fingerprint density at radius 3 is 2.03 bits per heavy atom. The lowest BCUT2D eigenvalue weighted by atomic mass is 10.1. The van der Waals surface area contributed by atoms with E-state index >= 15 is 0 Å². The molecule has 2 aromatic carbocycles. The minimum Gasteiger partial charge on any atom is -0.357 e. The molecule has 0 spiro atoms. The number of nitrogens with zero attached hydrogens (tertiary/aromatic N) is 2. The zero-order chi connectivity index (χ0) is 23.3. The molecule has 168 valence electrons. The van der Waals surface area contributed by atoms with Crippen molar-refractivity contribution in [2.24, 2.45) is 0 Å². The van der Waals surface area contributed by atoms with Crippen molar-refractivity contribution in [3.63, 3.8) is 0 Å². The molecule has 0 aliphatic heterocycles. The number of carbonyl (C=O) groups is 2. The van der Waals surface area contributed by atoms with Gasteiger partial charge in [-0.15, -0.1) is 0 Å². The lowest BCUT2D eigenvalue weighted by Crippen LogP contribution is -2.50. The van der Waals surface area contributed by atoms with Crippen LogP contribution >= 0.6 is 0 Å². The van der Waals surface area contributed by atoms with Crippen molar-refractivity contribution in [1.82, 2.24) is 10.2 Å². The van der Waals surface area contributed by atoms with Gasteiger partial charge in [-0.2, -0.15) is 0 Å². The van der Waals surface area contributed by atoms with Gasteiger partial charge in [0.25, 0.3) is 0 Å². The number of hydrogen-bond donors (Lipinski definition) is 1.